The molecule has 1 aliphatic heterocycles. The van der Waals surface area contributed by atoms with Crippen LogP contribution in [0.3, 0.4) is 0 Å². The Bertz CT molecular complexity index is 743. The second-order valence-electron chi connectivity index (χ2n) is 5.31. The molecule has 1 fully saturated rings. The van der Waals surface area contributed by atoms with Crippen LogP contribution in [0.15, 0.2) is 29.3 Å². The zero-order valence-electron chi connectivity index (χ0n) is 12.1. The van der Waals surface area contributed by atoms with Crippen molar-refractivity contribution < 1.29 is 0 Å². The topological polar surface area (TPSA) is 52.2 Å². The van der Waals surface area contributed by atoms with Gasteiger partial charge in [-0.15, -0.1) is 0 Å². The molecule has 0 radical (unpaired) electrons. The predicted molar refractivity (Wildman–Crippen MR) is 83.2 cm³/mol. The molecule has 21 heavy (non-hydrogen) atoms. The molecule has 2 aromatic rings. The Balaban J connectivity index is 1.80. The van der Waals surface area contributed by atoms with E-state index in [0.717, 1.165) is 38.3 Å². The molecule has 0 spiro atoms. The minimum absolute atomic E-state index is 0.135. The van der Waals surface area contributed by atoms with Crippen LogP contribution in [0.1, 0.15) is 5.56 Å². The molecule has 5 nitrogen and oxygen atoms in total. The third-order valence-electron chi connectivity index (χ3n) is 3.79. The Morgan fingerprint density at radius 3 is 2.90 bits per heavy atom. The Labute approximate surface area is 123 Å². The van der Waals surface area contributed by atoms with Crippen LogP contribution in [0.2, 0.25) is 0 Å². The van der Waals surface area contributed by atoms with Crippen molar-refractivity contribution in [2.75, 3.05) is 39.8 Å². The van der Waals surface area contributed by atoms with Crippen molar-refractivity contribution in [3.8, 4) is 11.8 Å². The standard InChI is InChI=1S/C16H18N4O/c1-19-8-10-20(11-9-19)7-3-5-13-4-2-6-14-15(13)16(21)18-12-17-14/h2,4,6,12H,7-11H2,1H3,(H,17,18,21). The van der Waals surface area contributed by atoms with Gasteiger partial charge in [-0.25, -0.2) is 4.98 Å². The lowest BCUT2D eigenvalue weighted by molar-refractivity contribution is 0.168. The van der Waals surface area contributed by atoms with E-state index in [1.165, 1.54) is 6.33 Å². The fraction of sp³-hybridized carbons (Fsp3) is 0.375. The molecule has 108 valence electrons. The first kappa shape index (κ1) is 13.8. The average molecular weight is 282 g/mol. The van der Waals surface area contributed by atoms with E-state index in [0.29, 0.717) is 10.9 Å². The summed E-state index contributed by atoms with van der Waals surface area (Å²) in [6, 6.07) is 5.58. The highest BCUT2D eigenvalue weighted by molar-refractivity contribution is 5.83. The number of likely N-dealkylation sites (N-methyl/N-ethyl adjacent to an activating group) is 1. The molecule has 0 saturated carbocycles. The molecule has 5 heteroatoms. The number of hydrogen-bond acceptors (Lipinski definition) is 4. The quantitative estimate of drug-likeness (QED) is 0.775. The van der Waals surface area contributed by atoms with Gasteiger partial charge in [0.2, 0.25) is 0 Å². The molecule has 3 rings (SSSR count). The van der Waals surface area contributed by atoms with E-state index in [4.69, 9.17) is 0 Å². The minimum atomic E-state index is -0.135. The van der Waals surface area contributed by atoms with Crippen molar-refractivity contribution >= 4 is 10.9 Å². The van der Waals surface area contributed by atoms with E-state index in [9.17, 15) is 4.79 Å². The number of H-pyrrole nitrogens is 1. The van der Waals surface area contributed by atoms with Crippen LogP contribution in [0.4, 0.5) is 0 Å². The molecule has 1 aromatic carbocycles. The number of nitrogens with zero attached hydrogens (tertiary/aromatic N) is 3. The fourth-order valence-corrected chi connectivity index (χ4v) is 2.48. The van der Waals surface area contributed by atoms with Gasteiger partial charge in [0.05, 0.1) is 23.8 Å². The van der Waals surface area contributed by atoms with Crippen LogP contribution in [0, 0.1) is 11.8 Å². The summed E-state index contributed by atoms with van der Waals surface area (Å²) in [5.41, 5.74) is 1.30. The van der Waals surface area contributed by atoms with Gasteiger partial charge in [0.25, 0.3) is 5.56 Å². The summed E-state index contributed by atoms with van der Waals surface area (Å²) >= 11 is 0. The summed E-state index contributed by atoms with van der Waals surface area (Å²) in [4.78, 5) is 23.4. The SMILES string of the molecule is CN1CCN(CC#Cc2cccc3nc[nH]c(=O)c23)CC1. The highest BCUT2D eigenvalue weighted by atomic mass is 16.1. The Kier molecular flexibility index (Phi) is 4.00. The van der Waals surface area contributed by atoms with Crippen molar-refractivity contribution in [1.82, 2.24) is 19.8 Å². The zero-order valence-corrected chi connectivity index (χ0v) is 12.1. The first-order chi connectivity index (χ1) is 10.2. The van der Waals surface area contributed by atoms with Gasteiger partial charge < -0.3 is 9.88 Å². The van der Waals surface area contributed by atoms with E-state index in [2.05, 4.69) is 38.7 Å². The first-order valence-electron chi connectivity index (χ1n) is 7.10. The van der Waals surface area contributed by atoms with Crippen molar-refractivity contribution in [3.05, 3.63) is 40.4 Å². The van der Waals surface area contributed by atoms with Crippen LogP contribution < -0.4 is 5.56 Å². The van der Waals surface area contributed by atoms with Crippen LogP contribution in [-0.4, -0.2) is 59.5 Å². The van der Waals surface area contributed by atoms with Gasteiger partial charge in [0.1, 0.15) is 0 Å². The third-order valence-corrected chi connectivity index (χ3v) is 3.79. The van der Waals surface area contributed by atoms with Gasteiger partial charge in [0, 0.05) is 31.7 Å². The largest absolute Gasteiger partial charge is 0.313 e. The molecule has 1 aliphatic rings. The molecule has 2 heterocycles. The number of rotatable bonds is 1. The number of benzene rings is 1. The van der Waals surface area contributed by atoms with Gasteiger partial charge >= 0.3 is 0 Å². The van der Waals surface area contributed by atoms with E-state index in [1.807, 2.05) is 18.2 Å². The summed E-state index contributed by atoms with van der Waals surface area (Å²) in [7, 11) is 2.14. The van der Waals surface area contributed by atoms with Gasteiger partial charge in [-0.3, -0.25) is 9.69 Å². The average Bonchev–Trinajstić information content (AvgIpc) is 2.50. The van der Waals surface area contributed by atoms with E-state index in [-0.39, 0.29) is 5.56 Å². The van der Waals surface area contributed by atoms with Gasteiger partial charge in [-0.2, -0.15) is 0 Å². The molecule has 0 unspecified atom stereocenters. The molecule has 0 aliphatic carbocycles. The summed E-state index contributed by atoms with van der Waals surface area (Å²) < 4.78 is 0. The third kappa shape index (κ3) is 3.13. The lowest BCUT2D eigenvalue weighted by Gasteiger charge is -2.30. The number of fused-ring (bicyclic) bond motifs is 1. The minimum Gasteiger partial charge on any atom is -0.313 e. The van der Waals surface area contributed by atoms with Crippen molar-refractivity contribution in [2.45, 2.75) is 0 Å². The molecule has 1 N–H and O–H groups in total. The summed E-state index contributed by atoms with van der Waals surface area (Å²) in [5, 5.41) is 0.575. The lowest BCUT2D eigenvalue weighted by Crippen LogP contribution is -2.44. The molecule has 1 aromatic heterocycles. The van der Waals surface area contributed by atoms with Crippen LogP contribution in [-0.2, 0) is 0 Å². The van der Waals surface area contributed by atoms with E-state index < -0.39 is 0 Å². The van der Waals surface area contributed by atoms with Crippen molar-refractivity contribution in [3.63, 3.8) is 0 Å². The van der Waals surface area contributed by atoms with E-state index in [1.54, 1.807) is 0 Å². The number of aromatic nitrogens is 2. The molecule has 0 amide bonds. The van der Waals surface area contributed by atoms with Crippen molar-refractivity contribution in [1.29, 1.82) is 0 Å². The van der Waals surface area contributed by atoms with E-state index >= 15 is 0 Å². The number of aromatic amines is 1. The van der Waals surface area contributed by atoms with Gasteiger partial charge in [-0.1, -0.05) is 17.9 Å². The lowest BCUT2D eigenvalue weighted by atomic mass is 10.1. The summed E-state index contributed by atoms with van der Waals surface area (Å²) in [6.45, 7) is 4.99. The zero-order chi connectivity index (χ0) is 14.7. The summed E-state index contributed by atoms with van der Waals surface area (Å²) in [5.74, 6) is 6.30. The molecule has 0 atom stereocenters. The highest BCUT2D eigenvalue weighted by Gasteiger charge is 2.11. The van der Waals surface area contributed by atoms with Crippen molar-refractivity contribution in [2.24, 2.45) is 0 Å². The highest BCUT2D eigenvalue weighted by Crippen LogP contribution is 2.10. The normalized spacial score (nSPS) is 16.6. The number of nitrogens with one attached hydrogen (secondary N) is 1. The molecular weight excluding hydrogens is 264 g/mol. The van der Waals surface area contributed by atoms with Crippen LogP contribution >= 0.6 is 0 Å². The van der Waals surface area contributed by atoms with Crippen LogP contribution in [0.5, 0.6) is 0 Å². The second-order valence-corrected chi connectivity index (χ2v) is 5.31. The molecule has 0 bridgehead atoms. The Morgan fingerprint density at radius 2 is 2.10 bits per heavy atom. The second kappa shape index (κ2) is 6.08. The smallest absolute Gasteiger partial charge is 0.259 e. The number of piperazine rings is 1. The van der Waals surface area contributed by atoms with Gasteiger partial charge in [-0.05, 0) is 19.2 Å². The monoisotopic (exact) mass is 282 g/mol. The first-order valence-corrected chi connectivity index (χ1v) is 7.10. The maximum atomic E-state index is 11.9. The predicted octanol–water partition coefficient (Wildman–Crippen LogP) is 0.522. The number of hydrogen-bond donors (Lipinski definition) is 1. The molecule has 1 saturated heterocycles. The Morgan fingerprint density at radius 1 is 1.29 bits per heavy atom. The maximum Gasteiger partial charge on any atom is 0.259 e. The fourth-order valence-electron chi connectivity index (χ4n) is 2.48. The summed E-state index contributed by atoms with van der Waals surface area (Å²) in [6.07, 6.45) is 1.42. The van der Waals surface area contributed by atoms with Crippen LogP contribution in [0.25, 0.3) is 10.9 Å². The molecular formula is C16H18N4O. The maximum absolute atomic E-state index is 11.9. The Hall–Kier alpha value is -2.16. The van der Waals surface area contributed by atoms with Gasteiger partial charge in [0.15, 0.2) is 0 Å².